The summed E-state index contributed by atoms with van der Waals surface area (Å²) in [6, 6.07) is 50.4. The summed E-state index contributed by atoms with van der Waals surface area (Å²) in [7, 11) is 0. The Morgan fingerprint density at radius 1 is 0.358 bits per heavy atom. The van der Waals surface area contributed by atoms with E-state index in [1.807, 2.05) is 44.2 Å². The van der Waals surface area contributed by atoms with Crippen molar-refractivity contribution in [1.29, 1.82) is 0 Å². The Balaban J connectivity index is 0.000000150. The normalized spacial score (nSPS) is 14.8. The molecular formula is C96H86O27. The lowest BCUT2D eigenvalue weighted by atomic mass is 9.85. The molecule has 10 aromatic carbocycles. The van der Waals surface area contributed by atoms with E-state index in [1.54, 1.807) is 160 Å². The van der Waals surface area contributed by atoms with Crippen molar-refractivity contribution in [3.63, 3.8) is 0 Å². The minimum atomic E-state index is -0.760. The van der Waals surface area contributed by atoms with Crippen molar-refractivity contribution in [2.75, 3.05) is 26.4 Å². The predicted octanol–water partition coefficient (Wildman–Crippen LogP) is 16.4. The number of aryl methyl sites for hydroxylation is 5. The van der Waals surface area contributed by atoms with Crippen LogP contribution in [-0.4, -0.2) is 101 Å². The number of carbonyl (C=O) groups is 10. The standard InChI is InChI=1S/C20H20O6.C20H18O6.C20H16O6.C20H18O5.C16H14O4/c3*1-11-8-16(26-13(3)22)9-18-19(11)20(23)17(10-24-18)14-4-6-15(7-5-14)25-12(2)21;1-12-8-18(25-14(3)22)10-20-19(12)9-16(11-23-20)15-4-6-17(7-5-15)24-13(2)21;1-9-6-12(18)7-14-15(9)16(19)13(8-20-14)10-2-4-11(17)5-3-10/h4-9,17,20,23H,10H2,1-3H3;4-9,17H,10H2,1-3H3;4-10H,1-3H3;4-10H,11H2,1-3H3;2-7,13,17-18H,8H2,1H3. The van der Waals surface area contributed by atoms with Crippen molar-refractivity contribution in [2.24, 2.45) is 0 Å². The van der Waals surface area contributed by atoms with Crippen LogP contribution >= 0.6 is 0 Å². The van der Waals surface area contributed by atoms with Crippen LogP contribution < -0.4 is 62.3 Å². The molecule has 0 aliphatic carbocycles. The number of phenolic OH excluding ortho intramolecular Hbond substituents is 2. The summed E-state index contributed by atoms with van der Waals surface area (Å²) in [4.78, 5) is 127. The van der Waals surface area contributed by atoms with E-state index in [1.165, 1.54) is 73.8 Å². The Morgan fingerprint density at radius 3 is 1.21 bits per heavy atom. The molecule has 0 bridgehead atoms. The number of hydrogen-bond donors (Lipinski definition) is 3. The van der Waals surface area contributed by atoms with Gasteiger partial charge >= 0.3 is 47.8 Å². The highest BCUT2D eigenvalue weighted by molar-refractivity contribution is 6.06. The Kier molecular flexibility index (Phi) is 28.4. The van der Waals surface area contributed by atoms with Crippen molar-refractivity contribution < 1.29 is 125 Å². The van der Waals surface area contributed by atoms with Gasteiger partial charge in [0.2, 0.25) is 5.43 Å². The van der Waals surface area contributed by atoms with Gasteiger partial charge in [-0.25, -0.2) is 0 Å². The van der Waals surface area contributed by atoms with Crippen LogP contribution in [0.4, 0.5) is 0 Å². The van der Waals surface area contributed by atoms with Crippen LogP contribution in [0.1, 0.15) is 161 Å². The molecule has 0 spiro atoms. The molecule has 0 saturated carbocycles. The minimum Gasteiger partial charge on any atom is -0.508 e. The van der Waals surface area contributed by atoms with E-state index in [0.717, 1.165) is 44.5 Å². The minimum absolute atomic E-state index is 0.0190. The summed E-state index contributed by atoms with van der Waals surface area (Å²) < 4.78 is 69.1. The molecular weight excluding hydrogens is 1590 g/mol. The Hall–Kier alpha value is -15.0. The van der Waals surface area contributed by atoms with Gasteiger partial charge in [-0.15, -0.1) is 0 Å². The molecule has 5 heterocycles. The number of aliphatic hydroxyl groups is 1. The maximum absolute atomic E-state index is 13.0. The molecule has 27 nitrogen and oxygen atoms in total. The Bertz CT molecular complexity index is 6020. The van der Waals surface area contributed by atoms with Crippen LogP contribution in [0.15, 0.2) is 197 Å². The second-order valence-electron chi connectivity index (χ2n) is 28.9. The van der Waals surface area contributed by atoms with E-state index in [4.69, 9.17) is 61.3 Å². The first-order valence-electron chi connectivity index (χ1n) is 38.5. The number of aliphatic hydroxyl groups excluding tert-OH is 1. The Morgan fingerprint density at radius 2 is 0.732 bits per heavy atom. The largest absolute Gasteiger partial charge is 0.508 e. The van der Waals surface area contributed by atoms with Gasteiger partial charge in [0.15, 0.2) is 11.6 Å². The fourth-order valence-corrected chi connectivity index (χ4v) is 14.1. The number of ketones is 2. The monoisotopic (exact) mass is 1670 g/mol. The summed E-state index contributed by atoms with van der Waals surface area (Å²) in [5.41, 5.74) is 12.1. The zero-order valence-electron chi connectivity index (χ0n) is 69.3. The van der Waals surface area contributed by atoms with Gasteiger partial charge in [0.1, 0.15) is 112 Å². The maximum Gasteiger partial charge on any atom is 0.308 e. The van der Waals surface area contributed by atoms with Crippen molar-refractivity contribution >= 4 is 81.9 Å². The van der Waals surface area contributed by atoms with Crippen molar-refractivity contribution in [2.45, 2.75) is 114 Å². The molecule has 0 fully saturated rings. The second-order valence-corrected chi connectivity index (χ2v) is 28.9. The van der Waals surface area contributed by atoms with Gasteiger partial charge in [-0.05, 0) is 193 Å². The average Bonchev–Trinajstić information content (AvgIpc) is 0.790. The lowest BCUT2D eigenvalue weighted by Crippen LogP contribution is -2.27. The molecule has 0 radical (unpaired) electrons. The molecule has 4 unspecified atom stereocenters. The number of ether oxygens (including phenoxy) is 12. The summed E-state index contributed by atoms with van der Waals surface area (Å²) in [6.07, 6.45) is 2.67. The lowest BCUT2D eigenvalue weighted by molar-refractivity contribution is -0.132. The molecule has 4 aliphatic rings. The molecule has 3 N–H and O–H groups in total. The van der Waals surface area contributed by atoms with Crippen LogP contribution in [0.2, 0.25) is 0 Å². The highest BCUT2D eigenvalue weighted by Crippen LogP contribution is 2.46. The highest BCUT2D eigenvalue weighted by Gasteiger charge is 2.36. The second kappa shape index (κ2) is 39.3. The first kappa shape index (κ1) is 88.8. The van der Waals surface area contributed by atoms with E-state index in [9.17, 15) is 68.1 Å². The van der Waals surface area contributed by atoms with Gasteiger partial charge in [-0.1, -0.05) is 60.7 Å². The molecule has 123 heavy (non-hydrogen) atoms. The molecule has 0 saturated heterocycles. The third kappa shape index (κ3) is 22.7. The fourth-order valence-electron chi connectivity index (χ4n) is 14.1. The average molecular weight is 1670 g/mol. The van der Waals surface area contributed by atoms with Crippen LogP contribution in [0.25, 0.3) is 33.7 Å². The summed E-state index contributed by atoms with van der Waals surface area (Å²) in [6.45, 7) is 20.9. The number of Topliss-reactive ketones (excluding diaryl/α,β-unsaturated/α-hetero) is 2. The first-order valence-corrected chi connectivity index (χ1v) is 38.5. The molecule has 0 amide bonds. The molecule has 15 rings (SSSR count). The van der Waals surface area contributed by atoms with Gasteiger partial charge in [0.05, 0.1) is 46.6 Å². The summed E-state index contributed by atoms with van der Waals surface area (Å²) in [5, 5.41) is 30.1. The third-order valence-electron chi connectivity index (χ3n) is 19.4. The SMILES string of the molecule is CC(=O)Oc1ccc(-c2coc3cc(OC(C)=O)cc(C)c3c2=O)cc1.CC(=O)Oc1ccc(C2=Cc3c(C)cc(OC(C)=O)cc3OC2)cc1.CC(=O)Oc1ccc(C2COc3cc(OC(C)=O)cc(C)c3C2=O)cc1.CC(=O)Oc1ccc(C2COc3cc(OC(C)=O)cc(C)c3C2O)cc1.Cc1cc(O)cc2c1C(=O)C(c1ccc(O)cc1)CO2. The highest BCUT2D eigenvalue weighted by atomic mass is 16.6. The van der Waals surface area contributed by atoms with Gasteiger partial charge < -0.3 is 76.6 Å². The van der Waals surface area contributed by atoms with Gasteiger partial charge in [0.25, 0.3) is 0 Å². The predicted molar refractivity (Wildman–Crippen MR) is 449 cm³/mol. The number of carbonyl (C=O) groups excluding carboxylic acids is 10. The number of hydrogen-bond acceptors (Lipinski definition) is 27. The van der Waals surface area contributed by atoms with Crippen molar-refractivity contribution in [1.82, 2.24) is 0 Å². The van der Waals surface area contributed by atoms with Gasteiger partial charge in [-0.3, -0.25) is 52.7 Å². The fraction of sp³-hybridized carbons (Fsp3) is 0.219. The zero-order chi connectivity index (χ0) is 88.8. The number of phenols is 2. The maximum atomic E-state index is 13.0. The molecule has 4 atom stereocenters. The van der Waals surface area contributed by atoms with Gasteiger partial charge in [0, 0.05) is 103 Å². The first-order chi connectivity index (χ1) is 58.5. The molecule has 27 heteroatoms. The molecule has 11 aromatic rings. The number of esters is 8. The van der Waals surface area contributed by atoms with Crippen LogP contribution in [-0.2, 0) is 38.4 Å². The number of fused-ring (bicyclic) bond motifs is 5. The lowest BCUT2D eigenvalue weighted by Gasteiger charge is -2.32. The van der Waals surface area contributed by atoms with Crippen LogP contribution in [0.5, 0.6) is 80.5 Å². The van der Waals surface area contributed by atoms with Crippen molar-refractivity contribution in [3.05, 3.63) is 271 Å². The third-order valence-corrected chi connectivity index (χ3v) is 19.4. The summed E-state index contributed by atoms with van der Waals surface area (Å²) >= 11 is 0. The molecule has 1 aromatic heterocycles. The zero-order valence-corrected chi connectivity index (χ0v) is 69.3. The quantitative estimate of drug-likeness (QED) is 0.0713. The molecule has 4 aliphatic heterocycles. The number of rotatable bonds is 13. The van der Waals surface area contributed by atoms with Crippen LogP contribution in [0.3, 0.4) is 0 Å². The van der Waals surface area contributed by atoms with E-state index in [-0.39, 0.29) is 78.1 Å². The number of aromatic hydroxyl groups is 2. The molecule has 632 valence electrons. The van der Waals surface area contributed by atoms with Crippen LogP contribution in [0, 0.1) is 34.6 Å². The summed E-state index contributed by atoms with van der Waals surface area (Å²) in [5.74, 6) is 1.28. The van der Waals surface area contributed by atoms with Crippen molar-refractivity contribution in [3.8, 4) is 91.6 Å². The van der Waals surface area contributed by atoms with E-state index < -0.39 is 41.9 Å². The van der Waals surface area contributed by atoms with E-state index in [0.29, 0.717) is 131 Å². The topological polar surface area (TPSA) is 372 Å². The van der Waals surface area contributed by atoms with Gasteiger partial charge in [-0.2, -0.15) is 0 Å². The van der Waals surface area contributed by atoms with E-state index >= 15 is 0 Å². The smallest absolute Gasteiger partial charge is 0.308 e. The number of benzene rings is 10. The Labute approximate surface area is 705 Å². The van der Waals surface area contributed by atoms with E-state index in [2.05, 4.69) is 6.08 Å².